The summed E-state index contributed by atoms with van der Waals surface area (Å²) in [5, 5.41) is 2.92. The van der Waals surface area contributed by atoms with Gasteiger partial charge < -0.3 is 20.5 Å². The van der Waals surface area contributed by atoms with Gasteiger partial charge in [-0.2, -0.15) is 0 Å². The normalized spacial score (nSPS) is 12.7. The van der Waals surface area contributed by atoms with Gasteiger partial charge in [0.1, 0.15) is 5.75 Å². The smallest absolute Gasteiger partial charge is 0.310 e. The van der Waals surface area contributed by atoms with Crippen LogP contribution in [0.4, 0.5) is 5.69 Å². The highest BCUT2D eigenvalue weighted by Gasteiger charge is 2.12. The van der Waals surface area contributed by atoms with Crippen molar-refractivity contribution in [3.63, 3.8) is 0 Å². The van der Waals surface area contributed by atoms with Crippen LogP contribution in [0.15, 0.2) is 29.3 Å². The highest BCUT2D eigenvalue weighted by Crippen LogP contribution is 2.16. The molecule has 0 fully saturated rings. The molecule has 0 aliphatic heterocycles. The fourth-order valence-electron chi connectivity index (χ4n) is 1.40. The number of aliphatic imine (C=N–C) groups is 1. The third-order valence-corrected chi connectivity index (χ3v) is 2.48. The van der Waals surface area contributed by atoms with E-state index in [0.29, 0.717) is 0 Å². The number of nitrogens with two attached hydrogens (primary N) is 1. The Bertz CT molecular complexity index is 460. The van der Waals surface area contributed by atoms with Crippen molar-refractivity contribution in [1.29, 1.82) is 0 Å². The molecule has 0 aliphatic rings. The molecule has 0 heterocycles. The van der Waals surface area contributed by atoms with E-state index in [0.717, 1.165) is 11.4 Å². The number of carbonyl (C=O) groups excluding carboxylic acids is 1. The summed E-state index contributed by atoms with van der Waals surface area (Å²) in [5.41, 5.74) is 6.50. The Hall–Kier alpha value is -2.24. The van der Waals surface area contributed by atoms with Gasteiger partial charge in [-0.1, -0.05) is 13.0 Å². The number of methoxy groups -OCH3 is 2. The van der Waals surface area contributed by atoms with Crippen molar-refractivity contribution in [3.8, 4) is 5.75 Å². The first kappa shape index (κ1) is 14.8. The Morgan fingerprint density at radius 1 is 1.47 bits per heavy atom. The number of rotatable bonds is 5. The van der Waals surface area contributed by atoms with E-state index < -0.39 is 0 Å². The number of nitrogens with zero attached hydrogens (tertiary/aromatic N) is 1. The molecule has 1 unspecified atom stereocenters. The first-order chi connectivity index (χ1) is 9.06. The number of anilines is 1. The van der Waals surface area contributed by atoms with Crippen molar-refractivity contribution in [2.75, 3.05) is 26.1 Å². The maximum absolute atomic E-state index is 11.2. The van der Waals surface area contributed by atoms with Crippen LogP contribution in [0, 0.1) is 5.92 Å². The summed E-state index contributed by atoms with van der Waals surface area (Å²) in [4.78, 5) is 15.3. The third kappa shape index (κ3) is 4.87. The fourth-order valence-corrected chi connectivity index (χ4v) is 1.40. The van der Waals surface area contributed by atoms with Gasteiger partial charge in [0.2, 0.25) is 0 Å². The van der Waals surface area contributed by atoms with Gasteiger partial charge in [-0.25, -0.2) is 0 Å². The van der Waals surface area contributed by atoms with E-state index in [-0.39, 0.29) is 24.4 Å². The monoisotopic (exact) mass is 265 g/mol. The van der Waals surface area contributed by atoms with E-state index >= 15 is 0 Å². The van der Waals surface area contributed by atoms with E-state index in [1.165, 1.54) is 7.11 Å². The quantitative estimate of drug-likeness (QED) is 0.475. The van der Waals surface area contributed by atoms with Crippen LogP contribution in [0.25, 0.3) is 0 Å². The molecule has 6 heteroatoms. The molecule has 3 N–H and O–H groups in total. The number of nitrogens with one attached hydrogen (secondary N) is 1. The summed E-state index contributed by atoms with van der Waals surface area (Å²) in [6.07, 6.45) is 0. The second kappa shape index (κ2) is 7.25. The molecule has 1 aromatic carbocycles. The third-order valence-electron chi connectivity index (χ3n) is 2.48. The highest BCUT2D eigenvalue weighted by molar-refractivity contribution is 5.92. The minimum absolute atomic E-state index is 0.240. The maximum Gasteiger partial charge on any atom is 0.310 e. The lowest BCUT2D eigenvalue weighted by Gasteiger charge is -2.09. The summed E-state index contributed by atoms with van der Waals surface area (Å²) in [5.74, 6) is 0.332. The van der Waals surface area contributed by atoms with Gasteiger partial charge >= 0.3 is 5.97 Å². The predicted molar refractivity (Wildman–Crippen MR) is 74.3 cm³/mol. The van der Waals surface area contributed by atoms with E-state index in [1.54, 1.807) is 20.1 Å². The first-order valence-corrected chi connectivity index (χ1v) is 5.85. The molecule has 1 atom stereocenters. The standard InChI is InChI=1S/C13H19N3O3/c1-9(12(17)19-3)8-15-13(14)16-10-5-4-6-11(7-10)18-2/h4-7,9H,8H2,1-3H3,(H3,14,15,16). The summed E-state index contributed by atoms with van der Waals surface area (Å²) in [6.45, 7) is 2.00. The lowest BCUT2D eigenvalue weighted by atomic mass is 10.2. The summed E-state index contributed by atoms with van der Waals surface area (Å²) in [6, 6.07) is 7.31. The molecule has 0 saturated heterocycles. The molecule has 0 bridgehead atoms. The number of hydrogen-bond donors (Lipinski definition) is 2. The second-order valence-electron chi connectivity index (χ2n) is 4.01. The Kier molecular flexibility index (Phi) is 5.66. The zero-order valence-corrected chi connectivity index (χ0v) is 11.3. The van der Waals surface area contributed by atoms with Gasteiger partial charge in [-0.3, -0.25) is 9.79 Å². The summed E-state index contributed by atoms with van der Waals surface area (Å²) < 4.78 is 9.71. The Balaban J connectivity index is 2.58. The average molecular weight is 265 g/mol. The number of guanidine groups is 1. The molecule has 6 nitrogen and oxygen atoms in total. The maximum atomic E-state index is 11.2. The lowest BCUT2D eigenvalue weighted by molar-refractivity contribution is -0.144. The molecule has 1 rings (SSSR count). The lowest BCUT2D eigenvalue weighted by Crippen LogP contribution is -2.25. The summed E-state index contributed by atoms with van der Waals surface area (Å²) >= 11 is 0. The van der Waals surface area contributed by atoms with Crippen LogP contribution in [-0.2, 0) is 9.53 Å². The molecule has 0 aromatic heterocycles. The molecule has 0 aliphatic carbocycles. The van der Waals surface area contributed by atoms with Crippen molar-refractivity contribution in [2.24, 2.45) is 16.6 Å². The van der Waals surface area contributed by atoms with Gasteiger partial charge in [0.25, 0.3) is 0 Å². The van der Waals surface area contributed by atoms with Crippen molar-refractivity contribution >= 4 is 17.6 Å². The minimum Gasteiger partial charge on any atom is -0.497 e. The fraction of sp³-hybridized carbons (Fsp3) is 0.385. The van der Waals surface area contributed by atoms with Crippen LogP contribution in [-0.4, -0.2) is 32.7 Å². The molecule has 0 saturated carbocycles. The Labute approximate surface area is 112 Å². The van der Waals surface area contributed by atoms with Crippen LogP contribution in [0.2, 0.25) is 0 Å². The van der Waals surface area contributed by atoms with Crippen LogP contribution < -0.4 is 15.8 Å². The zero-order chi connectivity index (χ0) is 14.3. The molecule has 0 radical (unpaired) electrons. The topological polar surface area (TPSA) is 85.9 Å². The SMILES string of the molecule is COC(=O)C(C)CN=C(N)Nc1cccc(OC)c1. The Morgan fingerprint density at radius 3 is 2.84 bits per heavy atom. The molecule has 1 aromatic rings. The van der Waals surface area contributed by atoms with Crippen molar-refractivity contribution < 1.29 is 14.3 Å². The number of esters is 1. The highest BCUT2D eigenvalue weighted by atomic mass is 16.5. The van der Waals surface area contributed by atoms with E-state index in [4.69, 9.17) is 10.5 Å². The first-order valence-electron chi connectivity index (χ1n) is 5.85. The molecule has 0 amide bonds. The number of benzene rings is 1. The average Bonchev–Trinajstić information content (AvgIpc) is 2.44. The number of hydrogen-bond acceptors (Lipinski definition) is 4. The minimum atomic E-state index is -0.323. The van der Waals surface area contributed by atoms with Crippen LogP contribution >= 0.6 is 0 Å². The van der Waals surface area contributed by atoms with E-state index in [1.807, 2.05) is 18.2 Å². The van der Waals surface area contributed by atoms with Gasteiger partial charge in [-0.15, -0.1) is 0 Å². The van der Waals surface area contributed by atoms with Gasteiger partial charge in [0.15, 0.2) is 5.96 Å². The van der Waals surface area contributed by atoms with Crippen molar-refractivity contribution in [1.82, 2.24) is 0 Å². The van der Waals surface area contributed by atoms with Crippen LogP contribution in [0.3, 0.4) is 0 Å². The van der Waals surface area contributed by atoms with E-state index in [9.17, 15) is 4.79 Å². The van der Waals surface area contributed by atoms with Crippen molar-refractivity contribution in [3.05, 3.63) is 24.3 Å². The van der Waals surface area contributed by atoms with Gasteiger partial charge in [-0.05, 0) is 12.1 Å². The van der Waals surface area contributed by atoms with Crippen molar-refractivity contribution in [2.45, 2.75) is 6.92 Å². The molecule has 104 valence electrons. The predicted octanol–water partition coefficient (Wildman–Crippen LogP) is 1.23. The number of carbonyl (C=O) groups is 1. The number of ether oxygens (including phenoxy) is 2. The van der Waals surface area contributed by atoms with Gasteiger partial charge in [0, 0.05) is 11.8 Å². The summed E-state index contributed by atoms with van der Waals surface area (Å²) in [7, 11) is 2.94. The van der Waals surface area contributed by atoms with E-state index in [2.05, 4.69) is 15.0 Å². The Morgan fingerprint density at radius 2 is 2.21 bits per heavy atom. The second-order valence-corrected chi connectivity index (χ2v) is 4.01. The van der Waals surface area contributed by atoms with Gasteiger partial charge in [0.05, 0.1) is 26.7 Å². The largest absolute Gasteiger partial charge is 0.497 e. The molecular weight excluding hydrogens is 246 g/mol. The molecular formula is C13H19N3O3. The zero-order valence-electron chi connectivity index (χ0n) is 11.3. The molecule has 0 spiro atoms. The van der Waals surface area contributed by atoms with Crippen LogP contribution in [0.5, 0.6) is 5.75 Å². The molecule has 19 heavy (non-hydrogen) atoms. The van der Waals surface area contributed by atoms with Crippen LogP contribution in [0.1, 0.15) is 6.92 Å².